The van der Waals surface area contributed by atoms with Crippen LogP contribution in [-0.2, 0) is 4.79 Å². The first-order valence-electron chi connectivity index (χ1n) is 5.50. The second-order valence-electron chi connectivity index (χ2n) is 3.87. The first kappa shape index (κ1) is 12.2. The topological polar surface area (TPSA) is 52.6 Å². The van der Waals surface area contributed by atoms with E-state index in [0.29, 0.717) is 25.7 Å². The van der Waals surface area contributed by atoms with Crippen molar-refractivity contribution < 1.29 is 9.90 Å². The zero-order chi connectivity index (χ0) is 11.1. The average Bonchev–Trinajstić information content (AvgIpc) is 2.12. The van der Waals surface area contributed by atoms with Gasteiger partial charge in [0, 0.05) is 19.1 Å². The van der Waals surface area contributed by atoms with Crippen LogP contribution in [0.2, 0.25) is 0 Å². The van der Waals surface area contributed by atoms with E-state index >= 15 is 0 Å². The van der Waals surface area contributed by atoms with Crippen molar-refractivity contribution in [2.45, 2.75) is 25.3 Å². The van der Waals surface area contributed by atoms with Crippen LogP contribution in [0.4, 0.5) is 0 Å². The number of aliphatic hydroxyl groups excluding tert-OH is 1. The second kappa shape index (κ2) is 6.58. The van der Waals surface area contributed by atoms with E-state index in [1.54, 1.807) is 6.08 Å². The van der Waals surface area contributed by atoms with E-state index in [1.807, 2.05) is 0 Å². The SMILES string of the molecule is C=CCNC(=O)CN(CCO)C1CCC1. The number of carbonyl (C=O) groups excluding carboxylic acids is 1. The Kier molecular flexibility index (Phi) is 5.36. The van der Waals surface area contributed by atoms with Crippen LogP contribution in [0.5, 0.6) is 0 Å². The molecule has 0 saturated heterocycles. The van der Waals surface area contributed by atoms with Crippen LogP contribution in [0.1, 0.15) is 19.3 Å². The molecule has 0 radical (unpaired) electrons. The predicted molar refractivity (Wildman–Crippen MR) is 59.5 cm³/mol. The Morgan fingerprint density at radius 3 is 2.80 bits per heavy atom. The molecule has 86 valence electrons. The molecule has 1 aliphatic carbocycles. The number of hydrogen-bond acceptors (Lipinski definition) is 3. The molecule has 1 aliphatic rings. The molecule has 15 heavy (non-hydrogen) atoms. The van der Waals surface area contributed by atoms with Crippen LogP contribution in [-0.4, -0.2) is 48.2 Å². The quantitative estimate of drug-likeness (QED) is 0.590. The molecule has 1 saturated carbocycles. The van der Waals surface area contributed by atoms with Gasteiger partial charge in [0.1, 0.15) is 0 Å². The fourth-order valence-corrected chi connectivity index (χ4v) is 1.70. The molecule has 2 N–H and O–H groups in total. The molecule has 0 aromatic heterocycles. The van der Waals surface area contributed by atoms with Gasteiger partial charge in [-0.1, -0.05) is 12.5 Å². The Hall–Kier alpha value is -0.870. The summed E-state index contributed by atoms with van der Waals surface area (Å²) in [5.41, 5.74) is 0. The highest BCUT2D eigenvalue weighted by Crippen LogP contribution is 2.24. The van der Waals surface area contributed by atoms with Gasteiger partial charge in [-0.2, -0.15) is 0 Å². The second-order valence-corrected chi connectivity index (χ2v) is 3.87. The lowest BCUT2D eigenvalue weighted by atomic mass is 9.91. The van der Waals surface area contributed by atoms with Gasteiger partial charge in [0.05, 0.1) is 13.2 Å². The third-order valence-corrected chi connectivity index (χ3v) is 2.77. The third-order valence-electron chi connectivity index (χ3n) is 2.77. The molecule has 1 amide bonds. The Balaban J connectivity index is 2.29. The number of hydrogen-bond donors (Lipinski definition) is 2. The van der Waals surface area contributed by atoms with E-state index in [0.717, 1.165) is 12.8 Å². The normalized spacial score (nSPS) is 16.1. The molecule has 1 fully saturated rings. The van der Waals surface area contributed by atoms with Crippen LogP contribution in [0, 0.1) is 0 Å². The van der Waals surface area contributed by atoms with Gasteiger partial charge in [0.15, 0.2) is 0 Å². The third kappa shape index (κ3) is 4.01. The Bertz CT molecular complexity index is 215. The molecule has 0 aliphatic heterocycles. The highest BCUT2D eigenvalue weighted by molar-refractivity contribution is 5.78. The molecular weight excluding hydrogens is 192 g/mol. The fourth-order valence-electron chi connectivity index (χ4n) is 1.70. The first-order chi connectivity index (χ1) is 7.27. The summed E-state index contributed by atoms with van der Waals surface area (Å²) in [4.78, 5) is 13.5. The molecule has 0 atom stereocenters. The van der Waals surface area contributed by atoms with Crippen molar-refractivity contribution in [1.82, 2.24) is 10.2 Å². The molecule has 0 spiro atoms. The van der Waals surface area contributed by atoms with E-state index in [9.17, 15) is 4.79 Å². The molecule has 0 aromatic carbocycles. The average molecular weight is 212 g/mol. The van der Waals surface area contributed by atoms with Crippen molar-refractivity contribution in [2.24, 2.45) is 0 Å². The summed E-state index contributed by atoms with van der Waals surface area (Å²) in [5.74, 6) is 0.00949. The smallest absolute Gasteiger partial charge is 0.234 e. The van der Waals surface area contributed by atoms with Crippen molar-refractivity contribution in [3.05, 3.63) is 12.7 Å². The van der Waals surface area contributed by atoms with E-state index in [1.165, 1.54) is 6.42 Å². The van der Waals surface area contributed by atoms with Crippen LogP contribution in [0.3, 0.4) is 0 Å². The van der Waals surface area contributed by atoms with Gasteiger partial charge in [-0.15, -0.1) is 6.58 Å². The molecule has 4 nitrogen and oxygen atoms in total. The molecule has 0 bridgehead atoms. The van der Waals surface area contributed by atoms with E-state index in [2.05, 4.69) is 16.8 Å². The summed E-state index contributed by atoms with van der Waals surface area (Å²) in [6.07, 6.45) is 5.20. The van der Waals surface area contributed by atoms with E-state index in [4.69, 9.17) is 5.11 Å². The minimum absolute atomic E-state index is 0.00949. The maximum absolute atomic E-state index is 11.4. The summed E-state index contributed by atoms with van der Waals surface area (Å²) >= 11 is 0. The van der Waals surface area contributed by atoms with Gasteiger partial charge < -0.3 is 10.4 Å². The predicted octanol–water partition coefficient (Wildman–Crippen LogP) is 0.135. The standard InChI is InChI=1S/C11H20N2O2/c1-2-6-12-11(15)9-13(7-8-14)10-4-3-5-10/h2,10,14H,1,3-9H2,(H,12,15). The zero-order valence-corrected chi connectivity index (χ0v) is 9.11. The minimum atomic E-state index is 0.00949. The number of carbonyl (C=O) groups is 1. The molecule has 4 heteroatoms. The summed E-state index contributed by atoms with van der Waals surface area (Å²) < 4.78 is 0. The highest BCUT2D eigenvalue weighted by atomic mass is 16.3. The van der Waals surface area contributed by atoms with Gasteiger partial charge in [-0.25, -0.2) is 0 Å². The number of aliphatic hydroxyl groups is 1. The summed E-state index contributed by atoms with van der Waals surface area (Å²) in [6.45, 7) is 5.15. The first-order valence-corrected chi connectivity index (χ1v) is 5.50. The van der Waals surface area contributed by atoms with Gasteiger partial charge in [0.2, 0.25) is 5.91 Å². The number of nitrogens with one attached hydrogen (secondary N) is 1. The minimum Gasteiger partial charge on any atom is -0.395 e. The number of rotatable bonds is 7. The maximum atomic E-state index is 11.4. The molecule has 0 unspecified atom stereocenters. The van der Waals surface area contributed by atoms with Crippen molar-refractivity contribution in [3.63, 3.8) is 0 Å². The molecule has 1 rings (SSSR count). The van der Waals surface area contributed by atoms with Crippen molar-refractivity contribution in [1.29, 1.82) is 0 Å². The van der Waals surface area contributed by atoms with Crippen LogP contribution in [0.15, 0.2) is 12.7 Å². The lowest BCUT2D eigenvalue weighted by Gasteiger charge is -2.36. The van der Waals surface area contributed by atoms with Crippen molar-refractivity contribution in [2.75, 3.05) is 26.2 Å². The molecular formula is C11H20N2O2. The van der Waals surface area contributed by atoms with Gasteiger partial charge in [-0.05, 0) is 12.8 Å². The summed E-state index contributed by atoms with van der Waals surface area (Å²) in [6, 6.07) is 0.492. The van der Waals surface area contributed by atoms with Crippen molar-refractivity contribution >= 4 is 5.91 Å². The van der Waals surface area contributed by atoms with Gasteiger partial charge in [0.25, 0.3) is 0 Å². The lowest BCUT2D eigenvalue weighted by Crippen LogP contribution is -2.47. The molecule has 0 aromatic rings. The van der Waals surface area contributed by atoms with Crippen molar-refractivity contribution in [3.8, 4) is 0 Å². The van der Waals surface area contributed by atoms with E-state index in [-0.39, 0.29) is 12.5 Å². The van der Waals surface area contributed by atoms with Gasteiger partial charge in [-0.3, -0.25) is 9.69 Å². The Labute approximate surface area is 91.0 Å². The maximum Gasteiger partial charge on any atom is 0.234 e. The number of nitrogens with zero attached hydrogens (tertiary/aromatic N) is 1. The largest absolute Gasteiger partial charge is 0.395 e. The lowest BCUT2D eigenvalue weighted by molar-refractivity contribution is -0.123. The Morgan fingerprint density at radius 1 is 1.60 bits per heavy atom. The Morgan fingerprint density at radius 2 is 2.33 bits per heavy atom. The summed E-state index contributed by atoms with van der Waals surface area (Å²) in [7, 11) is 0. The van der Waals surface area contributed by atoms with E-state index < -0.39 is 0 Å². The van der Waals surface area contributed by atoms with Crippen LogP contribution >= 0.6 is 0 Å². The van der Waals surface area contributed by atoms with Crippen LogP contribution < -0.4 is 5.32 Å². The monoisotopic (exact) mass is 212 g/mol. The fraction of sp³-hybridized carbons (Fsp3) is 0.727. The zero-order valence-electron chi connectivity index (χ0n) is 9.11. The van der Waals surface area contributed by atoms with Gasteiger partial charge >= 0.3 is 0 Å². The highest BCUT2D eigenvalue weighted by Gasteiger charge is 2.25. The molecule has 0 heterocycles. The number of amides is 1. The van der Waals surface area contributed by atoms with Crippen LogP contribution in [0.25, 0.3) is 0 Å². The summed E-state index contributed by atoms with van der Waals surface area (Å²) in [5, 5.41) is 11.6.